The maximum atomic E-state index is 12.9. The molecule has 6 nitrogen and oxygen atoms in total. The minimum atomic E-state index is -0.550. The molecule has 1 amide bonds. The maximum absolute atomic E-state index is 12.9. The number of likely N-dealkylation sites (N-methyl/N-ethyl adjacent to an activating group) is 1. The van der Waals surface area contributed by atoms with Gasteiger partial charge in [-0.1, -0.05) is 30.3 Å². The topological polar surface area (TPSA) is 68.5 Å². The van der Waals surface area contributed by atoms with E-state index in [1.54, 1.807) is 16.2 Å². The quantitative estimate of drug-likeness (QED) is 0.578. The van der Waals surface area contributed by atoms with Gasteiger partial charge in [0.1, 0.15) is 12.3 Å². The second-order valence-corrected chi connectivity index (χ2v) is 7.12. The lowest BCUT2D eigenvalue weighted by atomic mass is 10.2. The molecule has 0 unspecified atom stereocenters. The van der Waals surface area contributed by atoms with Crippen molar-refractivity contribution in [3.8, 4) is 16.5 Å². The SMILES string of the molecule is CC[C@H](Oc1cccc(C)c1)C(=O)N(CC)Cc1nc(-c2cccs2)no1. The predicted molar refractivity (Wildman–Crippen MR) is 105 cm³/mol. The van der Waals surface area contributed by atoms with Crippen LogP contribution in [0.15, 0.2) is 46.3 Å². The molecule has 3 rings (SSSR count). The number of amides is 1. The zero-order valence-corrected chi connectivity index (χ0v) is 16.5. The van der Waals surface area contributed by atoms with Crippen LogP contribution in [0.4, 0.5) is 0 Å². The normalized spacial score (nSPS) is 12.0. The highest BCUT2D eigenvalue weighted by atomic mass is 32.1. The fourth-order valence-electron chi connectivity index (χ4n) is 2.70. The minimum absolute atomic E-state index is 0.0858. The molecule has 0 saturated heterocycles. The maximum Gasteiger partial charge on any atom is 0.264 e. The molecule has 7 heteroatoms. The van der Waals surface area contributed by atoms with Crippen molar-refractivity contribution in [3.05, 3.63) is 53.2 Å². The largest absolute Gasteiger partial charge is 0.481 e. The number of thiophene rings is 1. The number of nitrogens with zero attached hydrogens (tertiary/aromatic N) is 3. The van der Waals surface area contributed by atoms with Gasteiger partial charge in [-0.05, 0) is 49.4 Å². The first-order valence-corrected chi connectivity index (χ1v) is 9.87. The van der Waals surface area contributed by atoms with E-state index in [2.05, 4.69) is 10.1 Å². The number of hydrogen-bond donors (Lipinski definition) is 0. The molecule has 0 fully saturated rings. The zero-order chi connectivity index (χ0) is 19.2. The first-order chi connectivity index (χ1) is 13.1. The Hall–Kier alpha value is -2.67. The molecule has 2 heterocycles. The van der Waals surface area contributed by atoms with E-state index in [9.17, 15) is 4.79 Å². The summed E-state index contributed by atoms with van der Waals surface area (Å²) in [6.45, 7) is 6.65. The highest BCUT2D eigenvalue weighted by Crippen LogP contribution is 2.22. The summed E-state index contributed by atoms with van der Waals surface area (Å²) in [5.41, 5.74) is 1.09. The van der Waals surface area contributed by atoms with E-state index in [0.717, 1.165) is 10.4 Å². The van der Waals surface area contributed by atoms with Crippen LogP contribution in [-0.4, -0.2) is 33.6 Å². The molecule has 3 aromatic rings. The first-order valence-electron chi connectivity index (χ1n) is 8.99. The summed E-state index contributed by atoms with van der Waals surface area (Å²) in [5.74, 6) is 1.58. The lowest BCUT2D eigenvalue weighted by molar-refractivity contribution is -0.139. The van der Waals surface area contributed by atoms with Crippen molar-refractivity contribution >= 4 is 17.2 Å². The third kappa shape index (κ3) is 4.74. The number of hydrogen-bond acceptors (Lipinski definition) is 6. The van der Waals surface area contributed by atoms with Gasteiger partial charge in [-0.15, -0.1) is 11.3 Å². The van der Waals surface area contributed by atoms with Crippen molar-refractivity contribution in [2.45, 2.75) is 39.8 Å². The second-order valence-electron chi connectivity index (χ2n) is 6.17. The van der Waals surface area contributed by atoms with Gasteiger partial charge in [-0.2, -0.15) is 4.98 Å². The fraction of sp³-hybridized carbons (Fsp3) is 0.350. The minimum Gasteiger partial charge on any atom is -0.481 e. The Kier molecular flexibility index (Phi) is 6.24. The molecule has 0 aliphatic rings. The molecule has 142 valence electrons. The summed E-state index contributed by atoms with van der Waals surface area (Å²) in [6.07, 6.45) is 0.0273. The Morgan fingerprint density at radius 1 is 1.30 bits per heavy atom. The molecule has 0 saturated carbocycles. The van der Waals surface area contributed by atoms with E-state index in [1.807, 2.05) is 62.5 Å². The number of ether oxygens (including phenoxy) is 1. The fourth-order valence-corrected chi connectivity index (χ4v) is 3.35. The second kappa shape index (κ2) is 8.81. The van der Waals surface area contributed by atoms with Gasteiger partial charge in [0.05, 0.1) is 4.88 Å². The molecular formula is C20H23N3O3S. The van der Waals surface area contributed by atoms with Crippen LogP contribution < -0.4 is 4.74 Å². The van der Waals surface area contributed by atoms with Crippen LogP contribution in [0.3, 0.4) is 0 Å². The van der Waals surface area contributed by atoms with Gasteiger partial charge in [0.25, 0.3) is 5.91 Å². The Morgan fingerprint density at radius 3 is 2.81 bits per heavy atom. The summed E-state index contributed by atoms with van der Waals surface area (Å²) >= 11 is 1.55. The van der Waals surface area contributed by atoms with Gasteiger partial charge in [0.15, 0.2) is 6.10 Å². The van der Waals surface area contributed by atoms with E-state index in [1.165, 1.54) is 0 Å². The molecule has 0 aliphatic heterocycles. The zero-order valence-electron chi connectivity index (χ0n) is 15.7. The van der Waals surface area contributed by atoms with Crippen LogP contribution >= 0.6 is 11.3 Å². The van der Waals surface area contributed by atoms with Gasteiger partial charge < -0.3 is 14.2 Å². The monoisotopic (exact) mass is 385 g/mol. The number of aryl methyl sites for hydroxylation is 1. The summed E-state index contributed by atoms with van der Waals surface area (Å²) in [4.78, 5) is 20.0. The van der Waals surface area contributed by atoms with Crippen LogP contribution in [-0.2, 0) is 11.3 Å². The lowest BCUT2D eigenvalue weighted by Crippen LogP contribution is -2.41. The molecule has 0 aliphatic carbocycles. The smallest absolute Gasteiger partial charge is 0.264 e. The molecule has 1 atom stereocenters. The Labute approximate surface area is 162 Å². The summed E-state index contributed by atoms with van der Waals surface area (Å²) in [5, 5.41) is 5.96. The van der Waals surface area contributed by atoms with Crippen molar-refractivity contribution in [1.82, 2.24) is 15.0 Å². The number of carbonyl (C=O) groups is 1. The van der Waals surface area contributed by atoms with Crippen molar-refractivity contribution in [1.29, 1.82) is 0 Å². The lowest BCUT2D eigenvalue weighted by Gasteiger charge is -2.25. The van der Waals surface area contributed by atoms with Crippen molar-refractivity contribution < 1.29 is 14.1 Å². The predicted octanol–water partition coefficient (Wildman–Crippen LogP) is 4.31. The van der Waals surface area contributed by atoms with Crippen molar-refractivity contribution in [2.75, 3.05) is 6.54 Å². The summed E-state index contributed by atoms with van der Waals surface area (Å²) in [7, 11) is 0. The molecule has 0 radical (unpaired) electrons. The van der Waals surface area contributed by atoms with E-state index in [0.29, 0.717) is 30.4 Å². The van der Waals surface area contributed by atoms with Gasteiger partial charge in [-0.25, -0.2) is 0 Å². The van der Waals surface area contributed by atoms with Gasteiger partial charge in [-0.3, -0.25) is 4.79 Å². The van der Waals surface area contributed by atoms with E-state index in [-0.39, 0.29) is 12.5 Å². The van der Waals surface area contributed by atoms with Gasteiger partial charge in [0, 0.05) is 6.54 Å². The molecule has 0 N–H and O–H groups in total. The highest BCUT2D eigenvalue weighted by molar-refractivity contribution is 7.13. The van der Waals surface area contributed by atoms with Crippen molar-refractivity contribution in [3.63, 3.8) is 0 Å². The average Bonchev–Trinajstić information content (AvgIpc) is 3.35. The molecule has 0 spiro atoms. The standard InChI is InChI=1S/C20H23N3O3S/c1-4-16(25-15-9-6-8-14(3)12-15)20(24)23(5-2)13-18-21-19(22-26-18)17-10-7-11-27-17/h6-12,16H,4-5,13H2,1-3H3/t16-/m0/s1. The van der Waals surface area contributed by atoms with Crippen LogP contribution in [0.5, 0.6) is 5.75 Å². The number of aromatic nitrogens is 2. The van der Waals surface area contributed by atoms with E-state index < -0.39 is 6.10 Å². The average molecular weight is 385 g/mol. The number of rotatable bonds is 8. The molecule has 2 aromatic heterocycles. The Bertz CT molecular complexity index is 876. The molecule has 0 bridgehead atoms. The third-order valence-corrected chi connectivity index (χ3v) is 5.01. The third-order valence-electron chi connectivity index (χ3n) is 4.14. The van der Waals surface area contributed by atoms with Crippen LogP contribution in [0.25, 0.3) is 10.7 Å². The molecular weight excluding hydrogens is 362 g/mol. The summed E-state index contributed by atoms with van der Waals surface area (Å²) < 4.78 is 11.3. The molecule has 1 aromatic carbocycles. The summed E-state index contributed by atoms with van der Waals surface area (Å²) in [6, 6.07) is 11.6. The number of carbonyl (C=O) groups excluding carboxylic acids is 1. The molecule has 27 heavy (non-hydrogen) atoms. The van der Waals surface area contributed by atoms with Crippen LogP contribution in [0, 0.1) is 6.92 Å². The van der Waals surface area contributed by atoms with E-state index >= 15 is 0 Å². The van der Waals surface area contributed by atoms with Crippen LogP contribution in [0.2, 0.25) is 0 Å². The highest BCUT2D eigenvalue weighted by Gasteiger charge is 2.25. The van der Waals surface area contributed by atoms with Gasteiger partial charge in [0.2, 0.25) is 11.7 Å². The Balaban J connectivity index is 1.69. The first kappa shape index (κ1) is 19.1. The number of benzene rings is 1. The van der Waals surface area contributed by atoms with Crippen molar-refractivity contribution in [2.24, 2.45) is 0 Å². The van der Waals surface area contributed by atoms with Crippen LogP contribution in [0.1, 0.15) is 31.7 Å². The van der Waals surface area contributed by atoms with Gasteiger partial charge >= 0.3 is 0 Å². The van der Waals surface area contributed by atoms with E-state index in [4.69, 9.17) is 9.26 Å². The Morgan fingerprint density at radius 2 is 2.15 bits per heavy atom.